The summed E-state index contributed by atoms with van der Waals surface area (Å²) in [4.78, 5) is 11.6. The molecular weight excluding hydrogens is 311 g/mol. The molecule has 0 unspecified atom stereocenters. The maximum absolute atomic E-state index is 13.6. The van der Waals surface area contributed by atoms with E-state index in [0.717, 1.165) is 6.07 Å². The Morgan fingerprint density at radius 2 is 1.80 bits per heavy atom. The van der Waals surface area contributed by atoms with Crippen LogP contribution in [-0.4, -0.2) is 21.5 Å². The van der Waals surface area contributed by atoms with Gasteiger partial charge in [-0.05, 0) is 24.6 Å². The summed E-state index contributed by atoms with van der Waals surface area (Å²) < 4.78 is 26.6. The predicted molar refractivity (Wildman–Crippen MR) is 73.7 cm³/mol. The van der Waals surface area contributed by atoms with Crippen molar-refractivity contribution in [1.82, 2.24) is 15.0 Å². The minimum Gasteiger partial charge on any atom is -0.354 e. The number of benzene rings is 1. The predicted octanol–water partition coefficient (Wildman–Crippen LogP) is 3.63. The first-order chi connectivity index (χ1) is 9.49. The summed E-state index contributed by atoms with van der Waals surface area (Å²) in [5.74, 6) is -1.42. The molecule has 0 aliphatic heterocycles. The first-order valence-electron chi connectivity index (χ1n) is 5.56. The second-order valence-electron chi connectivity index (χ2n) is 3.65. The van der Waals surface area contributed by atoms with E-state index < -0.39 is 11.6 Å². The molecule has 0 spiro atoms. The zero-order valence-corrected chi connectivity index (χ0v) is 11.7. The third kappa shape index (κ3) is 3.43. The number of hydrogen-bond donors (Lipinski definition) is 2. The summed E-state index contributed by atoms with van der Waals surface area (Å²) in [6.45, 7) is 2.42. The van der Waals surface area contributed by atoms with E-state index in [2.05, 4.69) is 25.6 Å². The zero-order chi connectivity index (χ0) is 14.7. The lowest BCUT2D eigenvalue weighted by Gasteiger charge is -2.09. The molecule has 0 amide bonds. The molecular formula is C11H9Cl2F2N5. The lowest BCUT2D eigenvalue weighted by atomic mass is 10.3. The van der Waals surface area contributed by atoms with Crippen molar-refractivity contribution in [2.75, 3.05) is 17.2 Å². The molecule has 2 rings (SSSR count). The molecule has 0 saturated carbocycles. The Hall–Kier alpha value is -1.73. The molecule has 0 aliphatic carbocycles. The molecule has 1 aromatic heterocycles. The SMILES string of the molecule is CCNc1nc(Cl)nc(Nc2c(F)cc(F)cc2Cl)n1. The summed E-state index contributed by atoms with van der Waals surface area (Å²) in [6.07, 6.45) is 0. The summed E-state index contributed by atoms with van der Waals surface area (Å²) >= 11 is 11.5. The quantitative estimate of drug-likeness (QED) is 0.901. The molecule has 2 N–H and O–H groups in total. The molecule has 2 aromatic rings. The molecule has 0 fully saturated rings. The number of nitrogens with one attached hydrogen (secondary N) is 2. The van der Waals surface area contributed by atoms with Crippen molar-refractivity contribution in [3.63, 3.8) is 0 Å². The van der Waals surface area contributed by atoms with Crippen LogP contribution in [0.5, 0.6) is 0 Å². The van der Waals surface area contributed by atoms with Crippen molar-refractivity contribution < 1.29 is 8.78 Å². The van der Waals surface area contributed by atoms with Gasteiger partial charge in [0.15, 0.2) is 5.82 Å². The van der Waals surface area contributed by atoms with Crippen LogP contribution >= 0.6 is 23.2 Å². The van der Waals surface area contributed by atoms with E-state index in [1.165, 1.54) is 0 Å². The first kappa shape index (κ1) is 14.7. The van der Waals surface area contributed by atoms with Crippen molar-refractivity contribution in [2.24, 2.45) is 0 Å². The lowest BCUT2D eigenvalue weighted by molar-refractivity contribution is 0.586. The Labute approximate surface area is 123 Å². The number of rotatable bonds is 4. The van der Waals surface area contributed by atoms with Gasteiger partial charge in [0.05, 0.1) is 10.7 Å². The van der Waals surface area contributed by atoms with E-state index in [0.29, 0.717) is 12.6 Å². The van der Waals surface area contributed by atoms with Crippen LogP contribution in [-0.2, 0) is 0 Å². The highest BCUT2D eigenvalue weighted by molar-refractivity contribution is 6.33. The molecule has 0 radical (unpaired) electrons. The van der Waals surface area contributed by atoms with E-state index >= 15 is 0 Å². The van der Waals surface area contributed by atoms with Crippen LogP contribution in [0.4, 0.5) is 26.4 Å². The fourth-order valence-electron chi connectivity index (χ4n) is 1.42. The van der Waals surface area contributed by atoms with E-state index in [4.69, 9.17) is 23.2 Å². The molecule has 0 bridgehead atoms. The van der Waals surface area contributed by atoms with Crippen molar-refractivity contribution >= 4 is 40.8 Å². The average Bonchev–Trinajstić information content (AvgIpc) is 2.33. The molecule has 0 aliphatic rings. The normalized spacial score (nSPS) is 10.4. The lowest BCUT2D eigenvalue weighted by Crippen LogP contribution is -2.07. The largest absolute Gasteiger partial charge is 0.354 e. The van der Waals surface area contributed by atoms with Crippen LogP contribution in [0, 0.1) is 11.6 Å². The minimum atomic E-state index is -0.864. The summed E-state index contributed by atoms with van der Waals surface area (Å²) in [6, 6.07) is 1.67. The van der Waals surface area contributed by atoms with Gasteiger partial charge in [-0.1, -0.05) is 11.6 Å². The van der Waals surface area contributed by atoms with E-state index in [1.807, 2.05) is 6.92 Å². The molecule has 1 aromatic carbocycles. The van der Waals surface area contributed by atoms with Crippen molar-refractivity contribution in [3.05, 3.63) is 34.1 Å². The Bertz CT molecular complexity index is 615. The second-order valence-corrected chi connectivity index (χ2v) is 4.40. The van der Waals surface area contributed by atoms with E-state index in [9.17, 15) is 8.78 Å². The zero-order valence-electron chi connectivity index (χ0n) is 10.2. The molecule has 0 atom stereocenters. The van der Waals surface area contributed by atoms with Gasteiger partial charge in [0.1, 0.15) is 5.82 Å². The number of hydrogen-bond acceptors (Lipinski definition) is 5. The van der Waals surface area contributed by atoms with Crippen LogP contribution in [0.2, 0.25) is 10.3 Å². The van der Waals surface area contributed by atoms with Gasteiger partial charge >= 0.3 is 0 Å². The van der Waals surface area contributed by atoms with Gasteiger partial charge in [0, 0.05) is 12.6 Å². The second kappa shape index (κ2) is 6.15. The van der Waals surface area contributed by atoms with Crippen LogP contribution in [0.1, 0.15) is 6.92 Å². The van der Waals surface area contributed by atoms with Gasteiger partial charge in [0.25, 0.3) is 0 Å². The fraction of sp³-hybridized carbons (Fsp3) is 0.182. The van der Waals surface area contributed by atoms with E-state index in [1.54, 1.807) is 0 Å². The number of aromatic nitrogens is 3. The van der Waals surface area contributed by atoms with Gasteiger partial charge in [-0.3, -0.25) is 0 Å². The van der Waals surface area contributed by atoms with Crippen LogP contribution in [0.3, 0.4) is 0 Å². The maximum atomic E-state index is 13.6. The van der Waals surface area contributed by atoms with Crippen molar-refractivity contribution in [3.8, 4) is 0 Å². The molecule has 106 valence electrons. The smallest absolute Gasteiger partial charge is 0.233 e. The van der Waals surface area contributed by atoms with Gasteiger partial charge in [-0.2, -0.15) is 15.0 Å². The fourth-order valence-corrected chi connectivity index (χ4v) is 1.82. The van der Waals surface area contributed by atoms with Gasteiger partial charge in [0.2, 0.25) is 17.2 Å². The Morgan fingerprint density at radius 1 is 1.10 bits per heavy atom. The van der Waals surface area contributed by atoms with Gasteiger partial charge in [-0.25, -0.2) is 8.78 Å². The third-order valence-corrected chi connectivity index (χ3v) is 2.65. The van der Waals surface area contributed by atoms with Crippen molar-refractivity contribution in [2.45, 2.75) is 6.92 Å². The highest BCUT2D eigenvalue weighted by atomic mass is 35.5. The summed E-state index contributed by atoms with van der Waals surface area (Å²) in [5, 5.41) is 5.18. The molecule has 20 heavy (non-hydrogen) atoms. The number of anilines is 3. The Balaban J connectivity index is 2.35. The Kier molecular flexibility index (Phi) is 4.51. The maximum Gasteiger partial charge on any atom is 0.233 e. The topological polar surface area (TPSA) is 62.7 Å². The molecule has 9 heteroatoms. The summed E-state index contributed by atoms with van der Waals surface area (Å²) in [5.41, 5.74) is -0.141. The van der Waals surface area contributed by atoms with Crippen LogP contribution in [0.15, 0.2) is 12.1 Å². The Morgan fingerprint density at radius 3 is 2.45 bits per heavy atom. The number of nitrogens with zero attached hydrogens (tertiary/aromatic N) is 3. The first-order valence-corrected chi connectivity index (χ1v) is 6.32. The highest BCUT2D eigenvalue weighted by Gasteiger charge is 2.13. The van der Waals surface area contributed by atoms with Crippen molar-refractivity contribution in [1.29, 1.82) is 0 Å². The molecule has 5 nitrogen and oxygen atoms in total. The van der Waals surface area contributed by atoms with E-state index in [-0.39, 0.29) is 27.9 Å². The monoisotopic (exact) mass is 319 g/mol. The van der Waals surface area contributed by atoms with Gasteiger partial charge in [-0.15, -0.1) is 0 Å². The highest BCUT2D eigenvalue weighted by Crippen LogP contribution is 2.28. The number of halogens is 4. The standard InChI is InChI=1S/C11H9Cl2F2N5/c1-2-16-10-18-9(13)19-11(20-10)17-8-6(12)3-5(14)4-7(8)15/h3-4H,2H2,1H3,(H2,16,17,18,19,20). The van der Waals surface area contributed by atoms with Gasteiger partial charge < -0.3 is 10.6 Å². The van der Waals surface area contributed by atoms with Crippen LogP contribution < -0.4 is 10.6 Å². The average molecular weight is 320 g/mol. The third-order valence-electron chi connectivity index (χ3n) is 2.19. The minimum absolute atomic E-state index is 0.00615. The molecule has 1 heterocycles. The summed E-state index contributed by atoms with van der Waals surface area (Å²) in [7, 11) is 0. The van der Waals surface area contributed by atoms with Crippen LogP contribution in [0.25, 0.3) is 0 Å². The molecule has 0 saturated heterocycles.